The molecule has 4 aromatic rings. The smallest absolute Gasteiger partial charge is 0.338 e. The Morgan fingerprint density at radius 3 is 2.31 bits per heavy atom. The molecule has 0 amide bonds. The Bertz CT molecular complexity index is 1690. The summed E-state index contributed by atoms with van der Waals surface area (Å²) in [7, 11) is 1.49. The van der Waals surface area contributed by atoms with Crippen molar-refractivity contribution in [3.05, 3.63) is 123 Å². The summed E-state index contributed by atoms with van der Waals surface area (Å²) in [6.07, 6.45) is 5.94. The number of esters is 2. The molecule has 1 unspecified atom stereocenters. The molecule has 0 aromatic heterocycles. The largest absolute Gasteiger partial charge is 0.490 e. The second-order valence-corrected chi connectivity index (χ2v) is 12.8. The molecule has 0 saturated heterocycles. The monoisotopic (exact) mass is 602 g/mol. The fraction of sp³-hybridized carbons (Fsp3) is 0.350. The molecule has 0 radical (unpaired) electrons. The van der Waals surface area contributed by atoms with Crippen molar-refractivity contribution in [2.45, 2.75) is 65.2 Å². The molecule has 0 heterocycles. The number of ether oxygens (including phenoxy) is 3. The Morgan fingerprint density at radius 1 is 0.844 bits per heavy atom. The van der Waals surface area contributed by atoms with E-state index in [2.05, 4.69) is 69.3 Å². The van der Waals surface area contributed by atoms with E-state index in [9.17, 15) is 9.59 Å². The summed E-state index contributed by atoms with van der Waals surface area (Å²) in [5, 5.41) is 0. The Balaban J connectivity index is 1.10. The first-order valence-corrected chi connectivity index (χ1v) is 16.0. The van der Waals surface area contributed by atoms with Gasteiger partial charge in [-0.1, -0.05) is 54.6 Å². The molecule has 1 spiro atoms. The maximum absolute atomic E-state index is 12.2. The highest BCUT2D eigenvalue weighted by atomic mass is 16.6. The van der Waals surface area contributed by atoms with E-state index in [4.69, 9.17) is 14.2 Å². The summed E-state index contributed by atoms with van der Waals surface area (Å²) in [5.74, 6) is 0.627. The highest BCUT2D eigenvalue weighted by Gasteiger charge is 2.54. The van der Waals surface area contributed by atoms with E-state index in [1.54, 1.807) is 12.1 Å². The van der Waals surface area contributed by atoms with Gasteiger partial charge < -0.3 is 14.2 Å². The van der Waals surface area contributed by atoms with Crippen molar-refractivity contribution in [2.75, 3.05) is 20.3 Å². The lowest BCUT2D eigenvalue weighted by Gasteiger charge is -2.18. The third kappa shape index (κ3) is 6.54. The molecular formula is C40H42O5. The molecule has 1 atom stereocenters. The zero-order chi connectivity index (χ0) is 31.6. The molecule has 4 aromatic carbocycles. The van der Waals surface area contributed by atoms with Gasteiger partial charge in [-0.2, -0.15) is 0 Å². The minimum atomic E-state index is -0.343. The van der Waals surface area contributed by atoms with E-state index in [1.807, 2.05) is 18.2 Å². The number of rotatable bonds is 11. The number of benzene rings is 4. The lowest BCUT2D eigenvalue weighted by molar-refractivity contribution is -0.141. The number of carbonyl (C=O) groups excluding carboxylic acids is 2. The highest BCUT2D eigenvalue weighted by Crippen LogP contribution is 2.64. The molecule has 232 valence electrons. The van der Waals surface area contributed by atoms with Crippen molar-refractivity contribution in [1.29, 1.82) is 0 Å². The van der Waals surface area contributed by atoms with E-state index in [-0.39, 0.29) is 24.0 Å². The SMILES string of the molecule is COC(=O)CC1c2ccc(CCc3cccc(-c4c(C)cc(OCCOC(=O)c5ccccc5)cc4C)c3C)cc2CC12CC2. The molecule has 0 N–H and O–H groups in total. The van der Waals surface area contributed by atoms with Gasteiger partial charge in [0, 0.05) is 5.92 Å². The van der Waals surface area contributed by atoms with Crippen LogP contribution in [0.5, 0.6) is 5.75 Å². The van der Waals surface area contributed by atoms with Crippen molar-refractivity contribution >= 4 is 11.9 Å². The summed E-state index contributed by atoms with van der Waals surface area (Å²) in [6, 6.07) is 26.7. The van der Waals surface area contributed by atoms with Crippen LogP contribution < -0.4 is 4.74 Å². The Hall–Kier alpha value is -4.38. The first-order chi connectivity index (χ1) is 21.8. The average Bonchev–Trinajstić information content (AvgIpc) is 3.75. The van der Waals surface area contributed by atoms with Gasteiger partial charge in [0.15, 0.2) is 0 Å². The minimum Gasteiger partial charge on any atom is -0.490 e. The average molecular weight is 603 g/mol. The highest BCUT2D eigenvalue weighted by molar-refractivity contribution is 5.89. The number of hydrogen-bond donors (Lipinski definition) is 0. The zero-order valence-corrected chi connectivity index (χ0v) is 26.8. The Kier molecular flexibility index (Phi) is 8.80. The minimum absolute atomic E-state index is 0.104. The molecule has 6 rings (SSSR count). The predicted octanol–water partition coefficient (Wildman–Crippen LogP) is 8.28. The van der Waals surface area contributed by atoms with Crippen LogP contribution in [0.1, 0.15) is 74.5 Å². The van der Waals surface area contributed by atoms with Crippen LogP contribution in [0.4, 0.5) is 0 Å². The third-order valence-electron chi connectivity index (χ3n) is 9.85. The van der Waals surface area contributed by atoms with E-state index >= 15 is 0 Å². The number of hydrogen-bond acceptors (Lipinski definition) is 5. The number of carbonyl (C=O) groups is 2. The number of aryl methyl sites for hydroxylation is 4. The van der Waals surface area contributed by atoms with Crippen molar-refractivity contribution < 1.29 is 23.8 Å². The number of fused-ring (bicyclic) bond motifs is 1. The number of methoxy groups -OCH3 is 1. The van der Waals surface area contributed by atoms with Crippen molar-refractivity contribution in [1.82, 2.24) is 0 Å². The van der Waals surface area contributed by atoms with E-state index in [1.165, 1.54) is 58.9 Å². The molecule has 5 nitrogen and oxygen atoms in total. The van der Waals surface area contributed by atoms with Gasteiger partial charge in [-0.05, 0) is 133 Å². The van der Waals surface area contributed by atoms with E-state index in [0.717, 1.165) is 36.1 Å². The lowest BCUT2D eigenvalue weighted by atomic mass is 9.86. The molecule has 45 heavy (non-hydrogen) atoms. The van der Waals surface area contributed by atoms with Crippen molar-refractivity contribution in [3.8, 4) is 16.9 Å². The van der Waals surface area contributed by atoms with E-state index < -0.39 is 0 Å². The van der Waals surface area contributed by atoms with Gasteiger partial charge in [-0.15, -0.1) is 0 Å². The maximum Gasteiger partial charge on any atom is 0.338 e. The Morgan fingerprint density at radius 2 is 1.60 bits per heavy atom. The van der Waals surface area contributed by atoms with Gasteiger partial charge in [-0.3, -0.25) is 4.79 Å². The fourth-order valence-corrected chi connectivity index (χ4v) is 7.29. The van der Waals surface area contributed by atoms with Crippen LogP contribution in [-0.4, -0.2) is 32.3 Å². The molecule has 2 aliphatic carbocycles. The summed E-state index contributed by atoms with van der Waals surface area (Å²) < 4.78 is 16.3. The summed E-state index contributed by atoms with van der Waals surface area (Å²) >= 11 is 0. The van der Waals surface area contributed by atoms with Crippen LogP contribution in [0.25, 0.3) is 11.1 Å². The molecule has 5 heteroatoms. The van der Waals surface area contributed by atoms with Crippen LogP contribution in [0.3, 0.4) is 0 Å². The lowest BCUT2D eigenvalue weighted by Crippen LogP contribution is -2.14. The summed E-state index contributed by atoms with van der Waals surface area (Å²) in [5.41, 5.74) is 12.4. The van der Waals surface area contributed by atoms with Gasteiger partial charge in [0.2, 0.25) is 0 Å². The van der Waals surface area contributed by atoms with Gasteiger partial charge in [0.25, 0.3) is 0 Å². The van der Waals surface area contributed by atoms with E-state index in [0.29, 0.717) is 24.5 Å². The maximum atomic E-state index is 12.2. The molecule has 0 bridgehead atoms. The van der Waals surface area contributed by atoms with Crippen molar-refractivity contribution in [2.24, 2.45) is 5.41 Å². The zero-order valence-electron chi connectivity index (χ0n) is 26.8. The van der Waals surface area contributed by atoms with Gasteiger partial charge in [-0.25, -0.2) is 4.79 Å². The van der Waals surface area contributed by atoms with Gasteiger partial charge in [0.1, 0.15) is 19.0 Å². The first kappa shape index (κ1) is 30.6. The Labute approximate surface area is 266 Å². The molecule has 2 aliphatic rings. The van der Waals surface area contributed by atoms with Crippen molar-refractivity contribution in [3.63, 3.8) is 0 Å². The molecule has 1 saturated carbocycles. The van der Waals surface area contributed by atoms with Crippen LogP contribution in [0.15, 0.2) is 78.9 Å². The molecular weight excluding hydrogens is 560 g/mol. The van der Waals surface area contributed by atoms with Crippen LogP contribution >= 0.6 is 0 Å². The molecule has 0 aliphatic heterocycles. The summed E-state index contributed by atoms with van der Waals surface area (Å²) in [6.45, 7) is 6.96. The predicted molar refractivity (Wildman–Crippen MR) is 177 cm³/mol. The second kappa shape index (κ2) is 12.9. The van der Waals surface area contributed by atoms with Crippen LogP contribution in [0, 0.1) is 26.2 Å². The summed E-state index contributed by atoms with van der Waals surface area (Å²) in [4.78, 5) is 24.3. The van der Waals surface area contributed by atoms with Crippen LogP contribution in [0.2, 0.25) is 0 Å². The first-order valence-electron chi connectivity index (χ1n) is 16.0. The van der Waals surface area contributed by atoms with Gasteiger partial charge >= 0.3 is 11.9 Å². The van der Waals surface area contributed by atoms with Crippen LogP contribution in [-0.2, 0) is 33.5 Å². The molecule has 1 fully saturated rings. The topological polar surface area (TPSA) is 61.8 Å². The normalized spacial score (nSPS) is 15.9. The quantitative estimate of drug-likeness (QED) is 0.128. The second-order valence-electron chi connectivity index (χ2n) is 12.8. The third-order valence-corrected chi connectivity index (χ3v) is 9.85. The standard InChI is InChI=1S/C40H42O5/c1-26-21-33(44-19-20-45-39(42)31-9-6-5-7-10-31)22-27(2)38(26)34-12-8-11-30(28(34)3)15-13-29-14-16-35-32(23-29)25-40(17-18-40)36(35)24-37(41)43-4/h5-12,14,16,21-23,36H,13,15,17-20,24-25H2,1-4H3. The van der Waals surface area contributed by atoms with Gasteiger partial charge in [0.05, 0.1) is 19.1 Å². The fourth-order valence-electron chi connectivity index (χ4n) is 7.29.